The molecule has 0 radical (unpaired) electrons. The van der Waals surface area contributed by atoms with Crippen molar-refractivity contribution in [1.82, 2.24) is 0 Å². The van der Waals surface area contributed by atoms with Crippen LogP contribution in [-0.2, 0) is 9.53 Å². The summed E-state index contributed by atoms with van der Waals surface area (Å²) < 4.78 is 5.66. The summed E-state index contributed by atoms with van der Waals surface area (Å²) in [6.07, 6.45) is 4.30. The standard InChI is InChI=1S/C16H22O2/c1-6-12-13(7-2)16(4)9-11(17)8-10(3)14(16)15(12)18-5/h8H,6-7,9H2,1-5H3. The predicted octanol–water partition coefficient (Wildman–Crippen LogP) is 3.94. The van der Waals surface area contributed by atoms with Crippen LogP contribution in [0.3, 0.4) is 0 Å². The van der Waals surface area contributed by atoms with Crippen LogP contribution in [0, 0.1) is 5.41 Å². The van der Waals surface area contributed by atoms with Crippen LogP contribution in [0.5, 0.6) is 0 Å². The summed E-state index contributed by atoms with van der Waals surface area (Å²) in [7, 11) is 1.74. The molecule has 98 valence electrons. The van der Waals surface area contributed by atoms with Crippen molar-refractivity contribution in [1.29, 1.82) is 0 Å². The van der Waals surface area contributed by atoms with Gasteiger partial charge in [-0.15, -0.1) is 0 Å². The van der Waals surface area contributed by atoms with Crippen molar-refractivity contribution >= 4 is 5.78 Å². The first kappa shape index (κ1) is 13.1. The van der Waals surface area contributed by atoms with Crippen LogP contribution >= 0.6 is 0 Å². The molecule has 18 heavy (non-hydrogen) atoms. The van der Waals surface area contributed by atoms with E-state index < -0.39 is 0 Å². The maximum absolute atomic E-state index is 11.9. The van der Waals surface area contributed by atoms with Gasteiger partial charge < -0.3 is 4.74 Å². The van der Waals surface area contributed by atoms with Gasteiger partial charge in [-0.3, -0.25) is 4.79 Å². The number of hydrogen-bond donors (Lipinski definition) is 0. The van der Waals surface area contributed by atoms with Crippen LogP contribution in [-0.4, -0.2) is 12.9 Å². The highest BCUT2D eigenvalue weighted by Gasteiger charge is 2.46. The fraction of sp³-hybridized carbons (Fsp3) is 0.562. The van der Waals surface area contributed by atoms with Crippen molar-refractivity contribution in [2.24, 2.45) is 5.41 Å². The second kappa shape index (κ2) is 4.42. The predicted molar refractivity (Wildman–Crippen MR) is 73.1 cm³/mol. The third kappa shape index (κ3) is 1.58. The number of rotatable bonds is 3. The number of fused-ring (bicyclic) bond motifs is 1. The first-order valence-electron chi connectivity index (χ1n) is 6.72. The molecule has 0 bridgehead atoms. The van der Waals surface area contributed by atoms with E-state index in [1.807, 2.05) is 6.92 Å². The third-order valence-corrected chi connectivity index (χ3v) is 4.29. The molecule has 0 aromatic heterocycles. The van der Waals surface area contributed by atoms with Crippen LogP contribution in [0.4, 0.5) is 0 Å². The van der Waals surface area contributed by atoms with Gasteiger partial charge in [-0.25, -0.2) is 0 Å². The molecule has 1 unspecified atom stereocenters. The van der Waals surface area contributed by atoms with E-state index in [0.717, 1.165) is 24.2 Å². The molecule has 0 saturated heterocycles. The van der Waals surface area contributed by atoms with E-state index in [2.05, 4.69) is 20.8 Å². The maximum Gasteiger partial charge on any atom is 0.157 e. The summed E-state index contributed by atoms with van der Waals surface area (Å²) in [5, 5.41) is 0. The molecule has 1 atom stereocenters. The lowest BCUT2D eigenvalue weighted by molar-refractivity contribution is -0.116. The average Bonchev–Trinajstić information content (AvgIpc) is 2.55. The number of hydrogen-bond acceptors (Lipinski definition) is 2. The van der Waals surface area contributed by atoms with E-state index in [1.165, 1.54) is 16.7 Å². The number of allylic oxidation sites excluding steroid dienone is 5. The molecule has 0 aromatic rings. The number of carbonyl (C=O) groups is 1. The maximum atomic E-state index is 11.9. The normalized spacial score (nSPS) is 27.6. The minimum Gasteiger partial charge on any atom is -0.496 e. The SMILES string of the molecule is CCC1=C(CC)C2(C)CC(=O)C=C(C)C2=C1OC. The van der Waals surface area contributed by atoms with Crippen molar-refractivity contribution in [2.75, 3.05) is 7.11 Å². The summed E-state index contributed by atoms with van der Waals surface area (Å²) in [6.45, 7) is 8.55. The molecule has 2 nitrogen and oxygen atoms in total. The van der Waals surface area contributed by atoms with E-state index in [4.69, 9.17) is 4.74 Å². The number of methoxy groups -OCH3 is 1. The first-order valence-corrected chi connectivity index (χ1v) is 6.72. The molecular formula is C16H22O2. The quantitative estimate of drug-likeness (QED) is 0.754. The molecule has 0 amide bonds. The Kier molecular flexibility index (Phi) is 3.22. The van der Waals surface area contributed by atoms with Gasteiger partial charge in [0.05, 0.1) is 7.11 Å². The van der Waals surface area contributed by atoms with E-state index in [-0.39, 0.29) is 11.2 Å². The molecule has 0 aliphatic heterocycles. The summed E-state index contributed by atoms with van der Waals surface area (Å²) in [4.78, 5) is 11.9. The Morgan fingerprint density at radius 2 is 2.00 bits per heavy atom. The van der Waals surface area contributed by atoms with E-state index in [1.54, 1.807) is 13.2 Å². The van der Waals surface area contributed by atoms with Gasteiger partial charge in [0.1, 0.15) is 5.76 Å². The van der Waals surface area contributed by atoms with Crippen molar-refractivity contribution in [3.8, 4) is 0 Å². The highest BCUT2D eigenvalue weighted by molar-refractivity contribution is 5.95. The van der Waals surface area contributed by atoms with Crippen LogP contribution < -0.4 is 0 Å². The fourth-order valence-corrected chi connectivity index (χ4v) is 3.75. The summed E-state index contributed by atoms with van der Waals surface area (Å²) in [5.41, 5.74) is 4.86. The van der Waals surface area contributed by atoms with Gasteiger partial charge in [-0.05, 0) is 37.0 Å². The Labute approximate surface area is 109 Å². The van der Waals surface area contributed by atoms with Crippen molar-refractivity contribution in [3.05, 3.63) is 34.1 Å². The number of ether oxygens (including phenoxy) is 1. The molecule has 0 N–H and O–H groups in total. The second-order valence-electron chi connectivity index (χ2n) is 5.38. The molecule has 2 rings (SSSR count). The summed E-state index contributed by atoms with van der Waals surface area (Å²) >= 11 is 0. The molecule has 0 fully saturated rings. The number of carbonyl (C=O) groups excluding carboxylic acids is 1. The van der Waals surface area contributed by atoms with Gasteiger partial charge in [-0.1, -0.05) is 26.3 Å². The van der Waals surface area contributed by atoms with Crippen molar-refractivity contribution in [3.63, 3.8) is 0 Å². The van der Waals surface area contributed by atoms with Gasteiger partial charge in [0.25, 0.3) is 0 Å². The van der Waals surface area contributed by atoms with Gasteiger partial charge in [-0.2, -0.15) is 0 Å². The average molecular weight is 246 g/mol. The molecule has 0 saturated carbocycles. The zero-order valence-corrected chi connectivity index (χ0v) is 12.0. The highest BCUT2D eigenvalue weighted by Crippen LogP contribution is 2.55. The topological polar surface area (TPSA) is 26.3 Å². The second-order valence-corrected chi connectivity index (χ2v) is 5.38. The van der Waals surface area contributed by atoms with E-state index in [9.17, 15) is 4.79 Å². The number of ketones is 1. The van der Waals surface area contributed by atoms with E-state index in [0.29, 0.717) is 6.42 Å². The van der Waals surface area contributed by atoms with Crippen molar-refractivity contribution in [2.45, 2.75) is 47.0 Å². The van der Waals surface area contributed by atoms with Gasteiger partial charge in [0, 0.05) is 17.4 Å². The molecule has 2 aliphatic rings. The smallest absolute Gasteiger partial charge is 0.157 e. The molecule has 0 spiro atoms. The monoisotopic (exact) mass is 246 g/mol. The Morgan fingerprint density at radius 3 is 2.50 bits per heavy atom. The van der Waals surface area contributed by atoms with Gasteiger partial charge in [0.15, 0.2) is 5.78 Å². The van der Waals surface area contributed by atoms with Crippen LogP contribution in [0.1, 0.15) is 47.0 Å². The highest BCUT2D eigenvalue weighted by atomic mass is 16.5. The van der Waals surface area contributed by atoms with Gasteiger partial charge in [0.2, 0.25) is 0 Å². The molecule has 0 aromatic carbocycles. The summed E-state index contributed by atoms with van der Waals surface area (Å²) in [5.74, 6) is 1.25. The van der Waals surface area contributed by atoms with Crippen LogP contribution in [0.2, 0.25) is 0 Å². The zero-order valence-electron chi connectivity index (χ0n) is 12.0. The fourth-order valence-electron chi connectivity index (χ4n) is 3.75. The largest absolute Gasteiger partial charge is 0.496 e. The Hall–Kier alpha value is -1.31. The van der Waals surface area contributed by atoms with E-state index >= 15 is 0 Å². The Morgan fingerprint density at radius 1 is 1.33 bits per heavy atom. The lowest BCUT2D eigenvalue weighted by Crippen LogP contribution is -2.27. The summed E-state index contributed by atoms with van der Waals surface area (Å²) in [6, 6.07) is 0. The minimum absolute atomic E-state index is 0.138. The Bertz CT molecular complexity index is 491. The van der Waals surface area contributed by atoms with Crippen molar-refractivity contribution < 1.29 is 9.53 Å². The Balaban J connectivity index is 2.71. The molecular weight excluding hydrogens is 224 g/mol. The molecule has 2 heteroatoms. The van der Waals surface area contributed by atoms with Crippen LogP contribution in [0.25, 0.3) is 0 Å². The van der Waals surface area contributed by atoms with Gasteiger partial charge >= 0.3 is 0 Å². The third-order valence-electron chi connectivity index (χ3n) is 4.29. The first-order chi connectivity index (χ1) is 8.49. The van der Waals surface area contributed by atoms with Crippen LogP contribution in [0.15, 0.2) is 34.1 Å². The lowest BCUT2D eigenvalue weighted by Gasteiger charge is -2.34. The molecule has 2 aliphatic carbocycles. The molecule has 0 heterocycles. The lowest BCUT2D eigenvalue weighted by atomic mass is 9.68. The zero-order chi connectivity index (χ0) is 13.5. The minimum atomic E-state index is -0.138.